The third kappa shape index (κ3) is 3.29. The fourth-order valence-corrected chi connectivity index (χ4v) is 2.30. The minimum Gasteiger partial charge on any atom is -0.375 e. The Kier molecular flexibility index (Phi) is 4.40. The number of ether oxygens (including phenoxy) is 1. The highest BCUT2D eigenvalue weighted by Crippen LogP contribution is 2.24. The Morgan fingerprint density at radius 1 is 1.55 bits per heavy atom. The van der Waals surface area contributed by atoms with Gasteiger partial charge in [-0.25, -0.2) is 4.98 Å². The summed E-state index contributed by atoms with van der Waals surface area (Å²) < 4.78 is 10.0. The highest BCUT2D eigenvalue weighted by molar-refractivity contribution is 5.90. The van der Waals surface area contributed by atoms with Gasteiger partial charge in [0.25, 0.3) is 5.91 Å². The van der Waals surface area contributed by atoms with Crippen molar-refractivity contribution in [2.24, 2.45) is 0 Å². The molecule has 0 spiro atoms. The van der Waals surface area contributed by atoms with E-state index in [1.807, 2.05) is 0 Å². The summed E-state index contributed by atoms with van der Waals surface area (Å²) in [5.41, 5.74) is 0.734. The van der Waals surface area contributed by atoms with Gasteiger partial charge in [-0.15, -0.1) is 0 Å². The van der Waals surface area contributed by atoms with Gasteiger partial charge in [0.15, 0.2) is 0 Å². The molecule has 1 unspecified atom stereocenters. The number of amides is 1. The second kappa shape index (κ2) is 6.63. The Balaban J connectivity index is 1.68. The molecule has 2 N–H and O–H groups in total. The number of anilines is 1. The van der Waals surface area contributed by atoms with E-state index in [1.165, 1.54) is 7.11 Å². The van der Waals surface area contributed by atoms with E-state index >= 15 is 0 Å². The minimum absolute atomic E-state index is 0.00792. The molecule has 3 rings (SSSR count). The monoisotopic (exact) mass is 303 g/mol. The van der Waals surface area contributed by atoms with Crippen molar-refractivity contribution in [2.45, 2.75) is 18.9 Å². The Labute approximate surface area is 127 Å². The van der Waals surface area contributed by atoms with Gasteiger partial charge in [-0.05, 0) is 31.5 Å². The van der Waals surface area contributed by atoms with E-state index in [-0.39, 0.29) is 18.6 Å². The molecule has 1 atom stereocenters. The number of aromatic nitrogens is 3. The highest BCUT2D eigenvalue weighted by Gasteiger charge is 2.22. The van der Waals surface area contributed by atoms with E-state index in [0.717, 1.165) is 24.9 Å². The molecule has 22 heavy (non-hydrogen) atoms. The predicted molar refractivity (Wildman–Crippen MR) is 78.0 cm³/mol. The van der Waals surface area contributed by atoms with E-state index < -0.39 is 0 Å². The lowest BCUT2D eigenvalue weighted by atomic mass is 10.2. The van der Waals surface area contributed by atoms with Crippen LogP contribution in [0.3, 0.4) is 0 Å². The summed E-state index contributed by atoms with van der Waals surface area (Å²) in [6.45, 7) is 0.964. The van der Waals surface area contributed by atoms with Crippen LogP contribution < -0.4 is 10.6 Å². The maximum atomic E-state index is 11.4. The number of hydrogen-bond donors (Lipinski definition) is 2. The lowest BCUT2D eigenvalue weighted by molar-refractivity contribution is -0.119. The number of hydrogen-bond acceptors (Lipinski definition) is 7. The SMILES string of the molecule is COCC(=O)Nc1ccc(-c2noc(C3CCCN3)n2)cn1. The molecular formula is C14H17N5O3. The Morgan fingerprint density at radius 2 is 2.45 bits per heavy atom. The second-order valence-corrected chi connectivity index (χ2v) is 5.02. The first-order valence-electron chi connectivity index (χ1n) is 7.08. The first kappa shape index (κ1) is 14.6. The number of rotatable bonds is 5. The van der Waals surface area contributed by atoms with Crippen molar-refractivity contribution in [1.29, 1.82) is 0 Å². The summed E-state index contributed by atoms with van der Waals surface area (Å²) in [6, 6.07) is 3.61. The molecule has 2 aromatic rings. The van der Waals surface area contributed by atoms with Crippen molar-refractivity contribution in [3.63, 3.8) is 0 Å². The molecule has 1 aliphatic rings. The van der Waals surface area contributed by atoms with Crippen LogP contribution in [0.1, 0.15) is 24.8 Å². The zero-order valence-corrected chi connectivity index (χ0v) is 12.2. The van der Waals surface area contributed by atoms with E-state index in [1.54, 1.807) is 18.3 Å². The van der Waals surface area contributed by atoms with Gasteiger partial charge in [-0.1, -0.05) is 5.16 Å². The third-order valence-corrected chi connectivity index (χ3v) is 3.36. The van der Waals surface area contributed by atoms with E-state index in [9.17, 15) is 4.79 Å². The normalized spacial score (nSPS) is 17.6. The van der Waals surface area contributed by atoms with Crippen LogP contribution in [0.15, 0.2) is 22.9 Å². The van der Waals surface area contributed by atoms with Crippen LogP contribution in [0.5, 0.6) is 0 Å². The lowest BCUT2D eigenvalue weighted by Gasteiger charge is -2.03. The molecule has 2 aromatic heterocycles. The maximum Gasteiger partial charge on any atom is 0.251 e. The molecule has 3 heterocycles. The third-order valence-electron chi connectivity index (χ3n) is 3.36. The molecule has 0 aliphatic carbocycles. The van der Waals surface area contributed by atoms with Gasteiger partial charge in [0.2, 0.25) is 11.7 Å². The first-order chi connectivity index (χ1) is 10.8. The fraction of sp³-hybridized carbons (Fsp3) is 0.429. The van der Waals surface area contributed by atoms with Crippen molar-refractivity contribution >= 4 is 11.7 Å². The van der Waals surface area contributed by atoms with E-state index in [0.29, 0.717) is 17.5 Å². The van der Waals surface area contributed by atoms with Crippen LogP contribution in [-0.2, 0) is 9.53 Å². The summed E-state index contributed by atoms with van der Waals surface area (Å²) in [5, 5.41) is 9.91. The van der Waals surface area contributed by atoms with E-state index in [2.05, 4.69) is 25.8 Å². The Bertz CT molecular complexity index is 634. The number of methoxy groups -OCH3 is 1. The molecule has 0 bridgehead atoms. The lowest BCUT2D eigenvalue weighted by Crippen LogP contribution is -2.17. The molecule has 1 saturated heterocycles. The van der Waals surface area contributed by atoms with Gasteiger partial charge in [0.05, 0.1) is 6.04 Å². The van der Waals surface area contributed by atoms with Crippen molar-refractivity contribution < 1.29 is 14.1 Å². The number of carbonyl (C=O) groups excluding carboxylic acids is 1. The molecule has 1 amide bonds. The predicted octanol–water partition coefficient (Wildman–Crippen LogP) is 1.14. The van der Waals surface area contributed by atoms with Crippen molar-refractivity contribution in [1.82, 2.24) is 20.4 Å². The topological polar surface area (TPSA) is 102 Å². The molecule has 0 aromatic carbocycles. The molecule has 0 radical (unpaired) electrons. The summed E-state index contributed by atoms with van der Waals surface area (Å²) in [5.74, 6) is 1.29. The largest absolute Gasteiger partial charge is 0.375 e. The average molecular weight is 303 g/mol. The highest BCUT2D eigenvalue weighted by atomic mass is 16.5. The van der Waals surface area contributed by atoms with Crippen LogP contribution in [0.4, 0.5) is 5.82 Å². The van der Waals surface area contributed by atoms with Crippen molar-refractivity contribution in [3.05, 3.63) is 24.2 Å². The first-order valence-corrected chi connectivity index (χ1v) is 7.08. The number of carbonyl (C=O) groups is 1. The summed E-state index contributed by atoms with van der Waals surface area (Å²) >= 11 is 0. The average Bonchev–Trinajstić information content (AvgIpc) is 3.19. The zero-order valence-electron chi connectivity index (χ0n) is 12.2. The van der Waals surface area contributed by atoms with Crippen LogP contribution >= 0.6 is 0 Å². The molecule has 8 nitrogen and oxygen atoms in total. The van der Waals surface area contributed by atoms with Crippen LogP contribution in [0, 0.1) is 0 Å². The Hall–Kier alpha value is -2.32. The van der Waals surface area contributed by atoms with E-state index in [4.69, 9.17) is 9.26 Å². The van der Waals surface area contributed by atoms with Crippen molar-refractivity contribution in [3.8, 4) is 11.4 Å². The summed E-state index contributed by atoms with van der Waals surface area (Å²) in [7, 11) is 1.46. The van der Waals surface area contributed by atoms with Gasteiger partial charge in [0, 0.05) is 18.9 Å². The molecule has 1 fully saturated rings. The molecule has 1 aliphatic heterocycles. The second-order valence-electron chi connectivity index (χ2n) is 5.02. The molecular weight excluding hydrogens is 286 g/mol. The van der Waals surface area contributed by atoms with Crippen LogP contribution in [0.2, 0.25) is 0 Å². The maximum absolute atomic E-state index is 11.4. The smallest absolute Gasteiger partial charge is 0.251 e. The quantitative estimate of drug-likeness (QED) is 0.853. The number of pyridine rings is 1. The Morgan fingerprint density at radius 3 is 3.14 bits per heavy atom. The summed E-state index contributed by atoms with van der Waals surface area (Å²) in [4.78, 5) is 19.9. The minimum atomic E-state index is -0.253. The number of nitrogens with zero attached hydrogens (tertiary/aromatic N) is 3. The fourth-order valence-electron chi connectivity index (χ4n) is 2.30. The van der Waals surface area contributed by atoms with Gasteiger partial charge >= 0.3 is 0 Å². The van der Waals surface area contributed by atoms with Gasteiger partial charge in [0.1, 0.15) is 12.4 Å². The van der Waals surface area contributed by atoms with Crippen molar-refractivity contribution in [2.75, 3.05) is 25.6 Å². The number of nitrogens with one attached hydrogen (secondary N) is 2. The molecule has 8 heteroatoms. The van der Waals surface area contributed by atoms with Gasteiger partial charge < -0.3 is 19.9 Å². The molecule has 116 valence electrons. The van der Waals surface area contributed by atoms with Gasteiger partial charge in [-0.3, -0.25) is 4.79 Å². The zero-order chi connectivity index (χ0) is 15.4. The standard InChI is InChI=1S/C14H17N5O3/c1-21-8-12(20)17-11-5-4-9(7-16-11)13-18-14(22-19-13)10-3-2-6-15-10/h4-5,7,10,15H,2-3,6,8H2,1H3,(H,16,17,20). The van der Waals surface area contributed by atoms with Crippen LogP contribution in [-0.4, -0.2) is 41.3 Å². The summed E-state index contributed by atoms with van der Waals surface area (Å²) in [6.07, 6.45) is 3.71. The molecule has 0 saturated carbocycles. The van der Waals surface area contributed by atoms with Gasteiger partial charge in [-0.2, -0.15) is 4.98 Å². The van der Waals surface area contributed by atoms with Crippen LogP contribution in [0.25, 0.3) is 11.4 Å².